The lowest BCUT2D eigenvalue weighted by atomic mass is 10.0. The second-order valence-corrected chi connectivity index (χ2v) is 5.39. The van der Waals surface area contributed by atoms with Crippen molar-refractivity contribution in [2.24, 2.45) is 0 Å². The van der Waals surface area contributed by atoms with E-state index in [4.69, 9.17) is 9.47 Å². The van der Waals surface area contributed by atoms with Gasteiger partial charge in [-0.2, -0.15) is 0 Å². The molecule has 1 fully saturated rings. The van der Waals surface area contributed by atoms with Crippen LogP contribution in [0.3, 0.4) is 0 Å². The molecule has 3 heteroatoms. The molecule has 1 N–H and O–H groups in total. The van der Waals surface area contributed by atoms with E-state index in [2.05, 4.69) is 36.5 Å². The van der Waals surface area contributed by atoms with Gasteiger partial charge in [-0.3, -0.25) is 0 Å². The van der Waals surface area contributed by atoms with Crippen molar-refractivity contribution in [2.45, 2.75) is 45.3 Å². The van der Waals surface area contributed by atoms with E-state index in [0.717, 1.165) is 52.2 Å². The van der Waals surface area contributed by atoms with Crippen molar-refractivity contribution in [3.05, 3.63) is 35.4 Å². The van der Waals surface area contributed by atoms with Crippen LogP contribution in [0.5, 0.6) is 0 Å². The molecule has 0 spiro atoms. The number of hydrogen-bond acceptors (Lipinski definition) is 3. The Labute approximate surface area is 122 Å². The largest absolute Gasteiger partial charge is 0.381 e. The molecule has 3 nitrogen and oxygen atoms in total. The summed E-state index contributed by atoms with van der Waals surface area (Å²) in [7, 11) is 0. The molecule has 0 radical (unpaired) electrons. The summed E-state index contributed by atoms with van der Waals surface area (Å²) in [5, 5.41) is 3.46. The Morgan fingerprint density at radius 3 is 2.65 bits per heavy atom. The molecule has 0 amide bonds. The SMILES string of the molecule is CCCNCCc1ccccc1COC1CCOCC1. The monoisotopic (exact) mass is 277 g/mol. The van der Waals surface area contributed by atoms with Crippen LogP contribution in [0, 0.1) is 0 Å². The smallest absolute Gasteiger partial charge is 0.0723 e. The third-order valence-corrected chi connectivity index (χ3v) is 3.76. The lowest BCUT2D eigenvalue weighted by molar-refractivity contribution is -0.0392. The van der Waals surface area contributed by atoms with Crippen LogP contribution in [0.2, 0.25) is 0 Å². The van der Waals surface area contributed by atoms with Gasteiger partial charge in [-0.1, -0.05) is 31.2 Å². The first-order chi connectivity index (χ1) is 9.90. The zero-order chi connectivity index (χ0) is 14.0. The molecule has 112 valence electrons. The highest BCUT2D eigenvalue weighted by molar-refractivity contribution is 5.26. The van der Waals surface area contributed by atoms with Crippen LogP contribution in [0.15, 0.2) is 24.3 Å². The minimum absolute atomic E-state index is 0.370. The molecular weight excluding hydrogens is 250 g/mol. The molecule has 0 bridgehead atoms. The fraction of sp³-hybridized carbons (Fsp3) is 0.647. The molecule has 0 aliphatic carbocycles. The van der Waals surface area contributed by atoms with Gasteiger partial charge in [-0.25, -0.2) is 0 Å². The molecule has 1 heterocycles. The van der Waals surface area contributed by atoms with Gasteiger partial charge in [0.25, 0.3) is 0 Å². The molecule has 20 heavy (non-hydrogen) atoms. The highest BCUT2D eigenvalue weighted by Crippen LogP contribution is 2.16. The summed E-state index contributed by atoms with van der Waals surface area (Å²) >= 11 is 0. The van der Waals surface area contributed by atoms with Gasteiger partial charge in [0.15, 0.2) is 0 Å². The summed E-state index contributed by atoms with van der Waals surface area (Å²) in [5.74, 6) is 0. The van der Waals surface area contributed by atoms with Crippen molar-refractivity contribution in [1.82, 2.24) is 5.32 Å². The van der Waals surface area contributed by atoms with E-state index in [9.17, 15) is 0 Å². The minimum Gasteiger partial charge on any atom is -0.381 e. The molecule has 0 saturated carbocycles. The minimum atomic E-state index is 0.370. The van der Waals surface area contributed by atoms with E-state index in [-0.39, 0.29) is 0 Å². The lowest BCUT2D eigenvalue weighted by Crippen LogP contribution is -2.23. The molecule has 1 aromatic carbocycles. The van der Waals surface area contributed by atoms with Gasteiger partial charge in [-0.05, 0) is 49.9 Å². The summed E-state index contributed by atoms with van der Waals surface area (Å²) in [6.45, 7) is 6.75. The van der Waals surface area contributed by atoms with Gasteiger partial charge in [0, 0.05) is 13.2 Å². The first-order valence-electron chi connectivity index (χ1n) is 7.87. The number of hydrogen-bond donors (Lipinski definition) is 1. The average molecular weight is 277 g/mol. The van der Waals surface area contributed by atoms with Gasteiger partial charge < -0.3 is 14.8 Å². The highest BCUT2D eigenvalue weighted by Gasteiger charge is 2.14. The van der Waals surface area contributed by atoms with Crippen molar-refractivity contribution >= 4 is 0 Å². The van der Waals surface area contributed by atoms with E-state index in [0.29, 0.717) is 6.10 Å². The molecule has 1 saturated heterocycles. The van der Waals surface area contributed by atoms with Gasteiger partial charge in [0.05, 0.1) is 12.7 Å². The molecule has 0 unspecified atom stereocenters. The second-order valence-electron chi connectivity index (χ2n) is 5.39. The van der Waals surface area contributed by atoms with Gasteiger partial charge in [0.1, 0.15) is 0 Å². The summed E-state index contributed by atoms with van der Waals surface area (Å²) < 4.78 is 11.4. The van der Waals surface area contributed by atoms with E-state index >= 15 is 0 Å². The van der Waals surface area contributed by atoms with Gasteiger partial charge >= 0.3 is 0 Å². The lowest BCUT2D eigenvalue weighted by Gasteiger charge is -2.23. The predicted octanol–water partition coefficient (Wildman–Crippen LogP) is 2.92. The summed E-state index contributed by atoms with van der Waals surface area (Å²) in [6.07, 6.45) is 4.69. The Hall–Kier alpha value is -0.900. The number of ether oxygens (including phenoxy) is 2. The van der Waals surface area contributed by atoms with Crippen molar-refractivity contribution in [2.75, 3.05) is 26.3 Å². The zero-order valence-electron chi connectivity index (χ0n) is 12.6. The third-order valence-electron chi connectivity index (χ3n) is 3.76. The molecule has 2 rings (SSSR count). The Morgan fingerprint density at radius 2 is 1.90 bits per heavy atom. The van der Waals surface area contributed by atoms with Crippen molar-refractivity contribution in [1.29, 1.82) is 0 Å². The van der Waals surface area contributed by atoms with Gasteiger partial charge in [-0.15, -0.1) is 0 Å². The Kier molecular flexibility index (Phi) is 7.06. The second kappa shape index (κ2) is 9.11. The summed E-state index contributed by atoms with van der Waals surface area (Å²) in [6, 6.07) is 8.63. The Bertz CT molecular complexity index is 375. The van der Waals surface area contributed by atoms with Crippen LogP contribution in [-0.4, -0.2) is 32.4 Å². The summed E-state index contributed by atoms with van der Waals surface area (Å²) in [5.41, 5.74) is 2.74. The van der Waals surface area contributed by atoms with Crippen LogP contribution in [-0.2, 0) is 22.5 Å². The summed E-state index contributed by atoms with van der Waals surface area (Å²) in [4.78, 5) is 0. The highest BCUT2D eigenvalue weighted by atomic mass is 16.5. The first-order valence-corrected chi connectivity index (χ1v) is 7.87. The van der Waals surface area contributed by atoms with Crippen LogP contribution in [0.1, 0.15) is 37.3 Å². The fourth-order valence-electron chi connectivity index (χ4n) is 2.52. The van der Waals surface area contributed by atoms with Crippen molar-refractivity contribution < 1.29 is 9.47 Å². The topological polar surface area (TPSA) is 30.5 Å². The molecule has 0 aromatic heterocycles. The maximum Gasteiger partial charge on any atom is 0.0723 e. The van der Waals surface area contributed by atoms with Crippen LogP contribution in [0.4, 0.5) is 0 Å². The molecule has 1 aromatic rings. The predicted molar refractivity (Wildman–Crippen MR) is 81.9 cm³/mol. The fourth-order valence-corrected chi connectivity index (χ4v) is 2.52. The Morgan fingerprint density at radius 1 is 1.15 bits per heavy atom. The third kappa shape index (κ3) is 5.23. The van der Waals surface area contributed by atoms with Crippen LogP contribution in [0.25, 0.3) is 0 Å². The molecule has 1 aliphatic rings. The molecule has 0 atom stereocenters. The average Bonchev–Trinajstić information content (AvgIpc) is 2.51. The van der Waals surface area contributed by atoms with Gasteiger partial charge in [0.2, 0.25) is 0 Å². The maximum atomic E-state index is 6.04. The molecule has 1 aliphatic heterocycles. The number of benzene rings is 1. The van der Waals surface area contributed by atoms with Crippen LogP contribution >= 0.6 is 0 Å². The quantitative estimate of drug-likeness (QED) is 0.741. The number of rotatable bonds is 8. The number of nitrogens with one attached hydrogen (secondary N) is 1. The van der Waals surface area contributed by atoms with E-state index in [1.54, 1.807) is 0 Å². The normalized spacial score (nSPS) is 16.4. The van der Waals surface area contributed by atoms with Crippen molar-refractivity contribution in [3.63, 3.8) is 0 Å². The van der Waals surface area contributed by atoms with E-state index in [1.165, 1.54) is 17.5 Å². The van der Waals surface area contributed by atoms with Crippen LogP contribution < -0.4 is 5.32 Å². The first kappa shape index (κ1) is 15.5. The van der Waals surface area contributed by atoms with E-state index < -0.39 is 0 Å². The standard InChI is InChI=1S/C17H27NO2/c1-2-10-18-11-7-15-5-3-4-6-16(15)14-20-17-8-12-19-13-9-17/h3-6,17-18H,2,7-14H2,1H3. The van der Waals surface area contributed by atoms with E-state index in [1.807, 2.05) is 0 Å². The van der Waals surface area contributed by atoms with Crippen molar-refractivity contribution in [3.8, 4) is 0 Å². The maximum absolute atomic E-state index is 6.04. The zero-order valence-corrected chi connectivity index (χ0v) is 12.6. The molecular formula is C17H27NO2. The Balaban J connectivity index is 1.80.